The normalized spacial score (nSPS) is 10.6. The van der Waals surface area contributed by atoms with Gasteiger partial charge in [0, 0.05) is 11.5 Å². The van der Waals surface area contributed by atoms with Crippen molar-refractivity contribution < 1.29 is 9.53 Å². The van der Waals surface area contributed by atoms with E-state index in [1.165, 1.54) is 0 Å². The molecule has 88 valence electrons. The topological polar surface area (TPSA) is 26.3 Å². The summed E-state index contributed by atoms with van der Waals surface area (Å²) >= 11 is 0. The molecule has 0 aromatic heterocycles. The molecule has 1 rings (SSSR count). The van der Waals surface area contributed by atoms with E-state index >= 15 is 0 Å². The first-order valence-corrected chi connectivity index (χ1v) is 5.82. The molecule has 0 amide bonds. The average Bonchev–Trinajstić information content (AvgIpc) is 2.30. The Balaban J connectivity index is 3.00. The molecule has 0 radical (unpaired) electrons. The van der Waals surface area contributed by atoms with Gasteiger partial charge in [-0.3, -0.25) is 4.79 Å². The first-order valence-electron chi connectivity index (χ1n) is 5.82. The van der Waals surface area contributed by atoms with E-state index < -0.39 is 0 Å². The van der Waals surface area contributed by atoms with Crippen LogP contribution < -0.4 is 4.74 Å². The maximum atomic E-state index is 12.2. The van der Waals surface area contributed by atoms with Gasteiger partial charge in [0.25, 0.3) is 0 Å². The summed E-state index contributed by atoms with van der Waals surface area (Å²) in [6.07, 6.45) is 1.81. The highest BCUT2D eigenvalue weighted by molar-refractivity contribution is 5.99. The van der Waals surface area contributed by atoms with Crippen LogP contribution >= 0.6 is 0 Å². The number of carbonyl (C=O) groups excluding carboxylic acids is 1. The lowest BCUT2D eigenvalue weighted by molar-refractivity contribution is 0.0913. The zero-order valence-corrected chi connectivity index (χ0v) is 10.5. The van der Waals surface area contributed by atoms with Crippen molar-refractivity contribution in [2.45, 2.75) is 33.6 Å². The lowest BCUT2D eigenvalue weighted by Gasteiger charge is -2.13. The molecule has 0 N–H and O–H groups in total. The predicted molar refractivity (Wildman–Crippen MR) is 66.1 cm³/mol. The fourth-order valence-corrected chi connectivity index (χ4v) is 1.92. The van der Waals surface area contributed by atoms with Crippen molar-refractivity contribution in [1.29, 1.82) is 0 Å². The van der Waals surface area contributed by atoms with Crippen LogP contribution in [0.3, 0.4) is 0 Å². The summed E-state index contributed by atoms with van der Waals surface area (Å²) in [4.78, 5) is 12.2. The summed E-state index contributed by atoms with van der Waals surface area (Å²) in [6.45, 7) is 6.08. The summed E-state index contributed by atoms with van der Waals surface area (Å²) in [5.41, 5.74) is 1.82. The van der Waals surface area contributed by atoms with Crippen molar-refractivity contribution >= 4 is 5.78 Å². The van der Waals surface area contributed by atoms with E-state index in [1.54, 1.807) is 7.11 Å². The van der Waals surface area contributed by atoms with Gasteiger partial charge in [-0.2, -0.15) is 0 Å². The molecule has 0 unspecified atom stereocenters. The van der Waals surface area contributed by atoms with E-state index in [1.807, 2.05) is 25.1 Å². The molecule has 0 aliphatic heterocycles. The molecular weight excluding hydrogens is 200 g/mol. The molecule has 0 saturated carbocycles. The summed E-state index contributed by atoms with van der Waals surface area (Å²) in [7, 11) is 1.64. The quantitative estimate of drug-likeness (QED) is 0.708. The van der Waals surface area contributed by atoms with E-state index in [4.69, 9.17) is 4.74 Å². The van der Waals surface area contributed by atoms with Gasteiger partial charge in [0.1, 0.15) is 5.75 Å². The Morgan fingerprint density at radius 1 is 1.31 bits per heavy atom. The zero-order chi connectivity index (χ0) is 12.1. The number of hydrogen-bond acceptors (Lipinski definition) is 2. The third-order valence-electron chi connectivity index (χ3n) is 3.06. The van der Waals surface area contributed by atoms with Gasteiger partial charge in [-0.05, 0) is 43.5 Å². The summed E-state index contributed by atoms with van der Waals surface area (Å²) in [6, 6.07) is 5.63. The molecule has 2 nitrogen and oxygen atoms in total. The SMILES string of the molecule is CCC(CC)C(=O)c1ccc(OC)cc1C. The highest BCUT2D eigenvalue weighted by Gasteiger charge is 2.18. The van der Waals surface area contributed by atoms with Gasteiger partial charge in [-0.25, -0.2) is 0 Å². The summed E-state index contributed by atoms with van der Waals surface area (Å²) in [5.74, 6) is 1.20. The largest absolute Gasteiger partial charge is 0.497 e. The Labute approximate surface area is 97.6 Å². The molecule has 2 heteroatoms. The Morgan fingerprint density at radius 3 is 2.38 bits per heavy atom. The second-order valence-electron chi connectivity index (χ2n) is 4.06. The Hall–Kier alpha value is -1.31. The van der Waals surface area contributed by atoms with E-state index in [9.17, 15) is 4.79 Å². The minimum Gasteiger partial charge on any atom is -0.497 e. The predicted octanol–water partition coefficient (Wildman–Crippen LogP) is 3.62. The van der Waals surface area contributed by atoms with Crippen molar-refractivity contribution in [2.75, 3.05) is 7.11 Å². The Bertz CT molecular complexity index is 365. The Kier molecular flexibility index (Phi) is 4.53. The molecule has 0 bridgehead atoms. The van der Waals surface area contributed by atoms with Crippen LogP contribution in [0.25, 0.3) is 0 Å². The van der Waals surface area contributed by atoms with E-state index in [0.29, 0.717) is 0 Å². The molecule has 0 spiro atoms. The molecule has 1 aromatic rings. The number of Topliss-reactive ketones (excluding diaryl/α,β-unsaturated/α-hetero) is 1. The maximum absolute atomic E-state index is 12.2. The summed E-state index contributed by atoms with van der Waals surface area (Å²) in [5, 5.41) is 0. The average molecular weight is 220 g/mol. The van der Waals surface area contributed by atoms with Crippen LogP contribution in [-0.2, 0) is 0 Å². The van der Waals surface area contributed by atoms with Gasteiger partial charge in [-0.1, -0.05) is 13.8 Å². The van der Waals surface area contributed by atoms with Gasteiger partial charge in [0.2, 0.25) is 0 Å². The summed E-state index contributed by atoms with van der Waals surface area (Å²) < 4.78 is 5.13. The molecule has 1 aromatic carbocycles. The monoisotopic (exact) mass is 220 g/mol. The number of methoxy groups -OCH3 is 1. The van der Waals surface area contributed by atoms with E-state index in [0.717, 1.165) is 29.7 Å². The number of benzene rings is 1. The smallest absolute Gasteiger partial charge is 0.166 e. The van der Waals surface area contributed by atoms with Crippen LogP contribution in [0.1, 0.15) is 42.6 Å². The van der Waals surface area contributed by atoms with Crippen LogP contribution in [0.15, 0.2) is 18.2 Å². The van der Waals surface area contributed by atoms with Gasteiger partial charge < -0.3 is 4.74 Å². The van der Waals surface area contributed by atoms with Crippen LogP contribution in [0, 0.1) is 12.8 Å². The van der Waals surface area contributed by atoms with Gasteiger partial charge >= 0.3 is 0 Å². The van der Waals surface area contributed by atoms with Gasteiger partial charge in [0.15, 0.2) is 5.78 Å². The minimum absolute atomic E-state index is 0.145. The fraction of sp³-hybridized carbons (Fsp3) is 0.500. The van der Waals surface area contributed by atoms with Crippen molar-refractivity contribution in [3.05, 3.63) is 29.3 Å². The molecule has 0 atom stereocenters. The van der Waals surface area contributed by atoms with Gasteiger partial charge in [0.05, 0.1) is 7.11 Å². The number of aryl methyl sites for hydroxylation is 1. The lowest BCUT2D eigenvalue weighted by atomic mass is 9.91. The third kappa shape index (κ3) is 2.63. The van der Waals surface area contributed by atoms with Crippen LogP contribution in [-0.4, -0.2) is 12.9 Å². The zero-order valence-electron chi connectivity index (χ0n) is 10.5. The lowest BCUT2D eigenvalue weighted by Crippen LogP contribution is -2.14. The highest BCUT2D eigenvalue weighted by Crippen LogP contribution is 2.22. The van der Waals surface area contributed by atoms with Crippen LogP contribution in [0.2, 0.25) is 0 Å². The molecule has 0 fully saturated rings. The number of hydrogen-bond donors (Lipinski definition) is 0. The first kappa shape index (κ1) is 12.8. The molecule has 0 aliphatic carbocycles. The third-order valence-corrected chi connectivity index (χ3v) is 3.06. The van der Waals surface area contributed by atoms with Gasteiger partial charge in [-0.15, -0.1) is 0 Å². The van der Waals surface area contributed by atoms with Crippen molar-refractivity contribution in [1.82, 2.24) is 0 Å². The molecule has 0 saturated heterocycles. The number of carbonyl (C=O) groups is 1. The van der Waals surface area contributed by atoms with E-state index in [-0.39, 0.29) is 11.7 Å². The second-order valence-corrected chi connectivity index (χ2v) is 4.06. The highest BCUT2D eigenvalue weighted by atomic mass is 16.5. The minimum atomic E-state index is 0.145. The molecular formula is C14H20O2. The Morgan fingerprint density at radius 2 is 1.94 bits per heavy atom. The van der Waals surface area contributed by atoms with Crippen LogP contribution in [0.5, 0.6) is 5.75 Å². The first-order chi connectivity index (χ1) is 7.63. The fourth-order valence-electron chi connectivity index (χ4n) is 1.92. The standard InChI is InChI=1S/C14H20O2/c1-5-11(6-2)14(15)13-8-7-12(16-4)9-10(13)3/h7-9,11H,5-6H2,1-4H3. The van der Waals surface area contributed by atoms with Crippen molar-refractivity contribution in [3.63, 3.8) is 0 Å². The number of ether oxygens (including phenoxy) is 1. The van der Waals surface area contributed by atoms with Crippen molar-refractivity contribution in [2.24, 2.45) is 5.92 Å². The second kappa shape index (κ2) is 5.69. The number of rotatable bonds is 5. The van der Waals surface area contributed by atoms with Crippen molar-refractivity contribution in [3.8, 4) is 5.75 Å². The maximum Gasteiger partial charge on any atom is 0.166 e. The number of ketones is 1. The molecule has 0 aliphatic rings. The van der Waals surface area contributed by atoms with E-state index in [2.05, 4.69) is 13.8 Å². The molecule has 0 heterocycles. The molecule has 16 heavy (non-hydrogen) atoms. The van der Waals surface area contributed by atoms with Crippen LogP contribution in [0.4, 0.5) is 0 Å².